The van der Waals surface area contributed by atoms with E-state index in [2.05, 4.69) is 25.6 Å². The van der Waals surface area contributed by atoms with Crippen LogP contribution in [0.4, 0.5) is 11.9 Å². The molecule has 7 nitrogen and oxygen atoms in total. The minimum absolute atomic E-state index is 0.164. The number of aliphatic hydroxyl groups excluding tert-OH is 1. The summed E-state index contributed by atoms with van der Waals surface area (Å²) in [4.78, 5) is 12.7. The fourth-order valence-electron chi connectivity index (χ4n) is 2.19. The van der Waals surface area contributed by atoms with Crippen LogP contribution in [-0.2, 0) is 0 Å². The topological polar surface area (TPSA) is 92.2 Å². The molecular formula is C13H23N5O2. The Bertz CT molecular complexity index is 421. The Morgan fingerprint density at radius 3 is 2.50 bits per heavy atom. The molecule has 1 fully saturated rings. The molecule has 7 heteroatoms. The molecule has 0 atom stereocenters. The first-order valence-corrected chi connectivity index (χ1v) is 7.22. The number of aromatic nitrogens is 3. The molecule has 0 spiro atoms. The average molecular weight is 281 g/mol. The number of anilines is 2. The lowest BCUT2D eigenvalue weighted by molar-refractivity contribution is 0.126. The van der Waals surface area contributed by atoms with Crippen LogP contribution < -0.4 is 15.4 Å². The van der Waals surface area contributed by atoms with Gasteiger partial charge in [-0.05, 0) is 32.1 Å². The third-order valence-electron chi connectivity index (χ3n) is 3.30. The van der Waals surface area contributed by atoms with E-state index in [1.165, 1.54) is 0 Å². The molecule has 0 aromatic carbocycles. The van der Waals surface area contributed by atoms with Crippen molar-refractivity contribution in [2.45, 2.75) is 51.2 Å². The minimum Gasteiger partial charge on any atom is -0.463 e. The van der Waals surface area contributed by atoms with Crippen LogP contribution in [0.1, 0.15) is 39.0 Å². The lowest BCUT2D eigenvalue weighted by Crippen LogP contribution is -2.29. The summed E-state index contributed by atoms with van der Waals surface area (Å²) in [5.41, 5.74) is 0. The molecule has 3 N–H and O–H groups in total. The Balaban J connectivity index is 2.02. The molecule has 1 heterocycles. The van der Waals surface area contributed by atoms with Crippen molar-refractivity contribution in [3.05, 3.63) is 0 Å². The average Bonchev–Trinajstić information content (AvgIpc) is 2.47. The molecule has 0 amide bonds. The van der Waals surface area contributed by atoms with E-state index in [9.17, 15) is 5.11 Å². The quantitative estimate of drug-likeness (QED) is 0.726. The molecule has 0 radical (unpaired) electrons. The third-order valence-corrected chi connectivity index (χ3v) is 3.30. The first kappa shape index (κ1) is 14.8. The van der Waals surface area contributed by atoms with E-state index in [0.29, 0.717) is 30.6 Å². The van der Waals surface area contributed by atoms with Crippen LogP contribution >= 0.6 is 0 Å². The fourth-order valence-corrected chi connectivity index (χ4v) is 2.19. The van der Waals surface area contributed by atoms with Crippen LogP contribution in [0.3, 0.4) is 0 Å². The molecule has 1 aromatic rings. The van der Waals surface area contributed by atoms with Gasteiger partial charge in [0.25, 0.3) is 0 Å². The second-order valence-corrected chi connectivity index (χ2v) is 5.01. The maximum Gasteiger partial charge on any atom is 0.323 e. The van der Waals surface area contributed by atoms with Crippen molar-refractivity contribution in [1.82, 2.24) is 15.0 Å². The van der Waals surface area contributed by atoms with Crippen molar-refractivity contribution in [3.8, 4) is 6.01 Å². The number of nitrogens with one attached hydrogen (secondary N) is 2. The zero-order valence-corrected chi connectivity index (χ0v) is 12.1. The highest BCUT2D eigenvalue weighted by Crippen LogP contribution is 2.21. The Labute approximate surface area is 119 Å². The third kappa shape index (κ3) is 4.19. The van der Waals surface area contributed by atoms with Gasteiger partial charge in [-0.15, -0.1) is 0 Å². The van der Waals surface area contributed by atoms with E-state index in [1.54, 1.807) is 7.05 Å². The number of nitrogens with zero attached hydrogens (tertiary/aromatic N) is 3. The number of hydrogen-bond donors (Lipinski definition) is 3. The normalized spacial score (nSPS) is 22.4. The van der Waals surface area contributed by atoms with Gasteiger partial charge < -0.3 is 20.5 Å². The highest BCUT2D eigenvalue weighted by atomic mass is 16.5. The Hall–Kier alpha value is -1.63. The summed E-state index contributed by atoms with van der Waals surface area (Å²) >= 11 is 0. The summed E-state index contributed by atoms with van der Waals surface area (Å²) in [6.07, 6.45) is 4.23. The number of aliphatic hydroxyl groups is 1. The Morgan fingerprint density at radius 1 is 1.15 bits per heavy atom. The highest BCUT2D eigenvalue weighted by molar-refractivity contribution is 5.36. The first-order chi connectivity index (χ1) is 9.71. The van der Waals surface area contributed by atoms with Gasteiger partial charge in [-0.2, -0.15) is 15.0 Å². The second kappa shape index (κ2) is 7.23. The zero-order chi connectivity index (χ0) is 14.4. The maximum absolute atomic E-state index is 9.52. The van der Waals surface area contributed by atoms with Gasteiger partial charge in [0.15, 0.2) is 0 Å². The van der Waals surface area contributed by atoms with Crippen molar-refractivity contribution in [2.75, 3.05) is 24.3 Å². The second-order valence-electron chi connectivity index (χ2n) is 5.01. The monoisotopic (exact) mass is 281 g/mol. The number of ether oxygens (including phenoxy) is 1. The van der Waals surface area contributed by atoms with Crippen LogP contribution in [0.2, 0.25) is 0 Å². The van der Waals surface area contributed by atoms with Gasteiger partial charge in [0.1, 0.15) is 0 Å². The standard InChI is InChI=1S/C13H23N5O2/c1-3-8-20-13-17-11(14-2)16-12(18-13)15-9-4-6-10(19)7-5-9/h9-10,19H,3-8H2,1-2H3,(H2,14,15,16,17,18). The molecule has 1 aliphatic rings. The van der Waals surface area contributed by atoms with Gasteiger partial charge >= 0.3 is 6.01 Å². The van der Waals surface area contributed by atoms with Crippen LogP contribution in [0, 0.1) is 0 Å². The van der Waals surface area contributed by atoms with Crippen LogP contribution in [-0.4, -0.2) is 45.9 Å². The molecule has 0 bridgehead atoms. The molecule has 112 valence electrons. The van der Waals surface area contributed by atoms with E-state index in [1.807, 2.05) is 6.92 Å². The van der Waals surface area contributed by atoms with Gasteiger partial charge in [0.2, 0.25) is 11.9 Å². The Morgan fingerprint density at radius 2 is 1.85 bits per heavy atom. The van der Waals surface area contributed by atoms with Gasteiger partial charge in [0.05, 0.1) is 12.7 Å². The summed E-state index contributed by atoms with van der Waals surface area (Å²) < 4.78 is 5.46. The van der Waals surface area contributed by atoms with Crippen molar-refractivity contribution in [3.63, 3.8) is 0 Å². The smallest absolute Gasteiger partial charge is 0.323 e. The largest absolute Gasteiger partial charge is 0.463 e. The molecule has 0 aliphatic heterocycles. The van der Waals surface area contributed by atoms with Crippen molar-refractivity contribution >= 4 is 11.9 Å². The zero-order valence-electron chi connectivity index (χ0n) is 12.1. The summed E-state index contributed by atoms with van der Waals surface area (Å²) in [6.45, 7) is 2.62. The first-order valence-electron chi connectivity index (χ1n) is 7.22. The van der Waals surface area contributed by atoms with E-state index in [4.69, 9.17) is 4.74 Å². The molecular weight excluding hydrogens is 258 g/mol. The summed E-state index contributed by atoms with van der Waals surface area (Å²) in [5.74, 6) is 1.02. The molecule has 1 saturated carbocycles. The number of hydrogen-bond acceptors (Lipinski definition) is 7. The fraction of sp³-hybridized carbons (Fsp3) is 0.769. The summed E-state index contributed by atoms with van der Waals surface area (Å²) in [7, 11) is 1.76. The summed E-state index contributed by atoms with van der Waals surface area (Å²) in [5, 5.41) is 15.7. The summed E-state index contributed by atoms with van der Waals surface area (Å²) in [6, 6.07) is 0.633. The van der Waals surface area contributed by atoms with Gasteiger partial charge in [-0.3, -0.25) is 0 Å². The lowest BCUT2D eigenvalue weighted by Gasteiger charge is -2.26. The van der Waals surface area contributed by atoms with E-state index >= 15 is 0 Å². The minimum atomic E-state index is -0.164. The highest BCUT2D eigenvalue weighted by Gasteiger charge is 2.20. The maximum atomic E-state index is 9.52. The van der Waals surface area contributed by atoms with Gasteiger partial charge in [-0.25, -0.2) is 0 Å². The van der Waals surface area contributed by atoms with Crippen LogP contribution in [0.15, 0.2) is 0 Å². The van der Waals surface area contributed by atoms with E-state index in [-0.39, 0.29) is 6.10 Å². The molecule has 2 rings (SSSR count). The van der Waals surface area contributed by atoms with E-state index in [0.717, 1.165) is 32.1 Å². The van der Waals surface area contributed by atoms with Crippen LogP contribution in [0.5, 0.6) is 6.01 Å². The lowest BCUT2D eigenvalue weighted by atomic mass is 9.93. The SMILES string of the molecule is CCCOc1nc(NC)nc(NC2CCC(O)CC2)n1. The van der Waals surface area contributed by atoms with Gasteiger partial charge in [-0.1, -0.05) is 6.92 Å². The molecule has 1 aliphatic carbocycles. The predicted molar refractivity (Wildman–Crippen MR) is 77.0 cm³/mol. The molecule has 1 aromatic heterocycles. The molecule has 20 heavy (non-hydrogen) atoms. The molecule has 0 saturated heterocycles. The molecule has 0 unspecified atom stereocenters. The Kier molecular flexibility index (Phi) is 5.34. The van der Waals surface area contributed by atoms with E-state index < -0.39 is 0 Å². The number of rotatable bonds is 6. The van der Waals surface area contributed by atoms with Crippen molar-refractivity contribution in [1.29, 1.82) is 0 Å². The van der Waals surface area contributed by atoms with Gasteiger partial charge in [0, 0.05) is 13.1 Å². The van der Waals surface area contributed by atoms with Crippen molar-refractivity contribution in [2.24, 2.45) is 0 Å². The predicted octanol–water partition coefficient (Wildman–Crippen LogP) is 1.42. The van der Waals surface area contributed by atoms with Crippen LogP contribution in [0.25, 0.3) is 0 Å². The van der Waals surface area contributed by atoms with Crippen molar-refractivity contribution < 1.29 is 9.84 Å².